The van der Waals surface area contributed by atoms with Crippen LogP contribution in [0.4, 0.5) is 13.2 Å². The highest BCUT2D eigenvalue weighted by Gasteiger charge is 2.32. The van der Waals surface area contributed by atoms with E-state index < -0.39 is 11.1 Å². The lowest BCUT2D eigenvalue weighted by molar-refractivity contribution is -0.0832. The third-order valence-electron chi connectivity index (χ3n) is 0.781. The van der Waals surface area contributed by atoms with Crippen molar-refractivity contribution in [2.24, 2.45) is 0 Å². The lowest BCUT2D eigenvalue weighted by atomic mass is 10.6. The highest BCUT2D eigenvalue weighted by molar-refractivity contribution is 8.23. The first-order chi connectivity index (χ1) is 4.88. The third kappa shape index (κ3) is 4.42. The highest BCUT2D eigenvalue weighted by Crippen LogP contribution is 2.39. The average molecular weight is 200 g/mol. The summed E-state index contributed by atoms with van der Waals surface area (Å²) in [6.45, 7) is 6.27. The van der Waals surface area contributed by atoms with E-state index in [2.05, 4.69) is 13.2 Å². The second-order valence-corrected chi connectivity index (χ2v) is 3.95. The van der Waals surface area contributed by atoms with Crippen LogP contribution in [0.5, 0.6) is 0 Å². The van der Waals surface area contributed by atoms with E-state index in [-0.39, 0.29) is 0 Å². The molecule has 5 heteroatoms. The van der Waals surface area contributed by atoms with Gasteiger partial charge in [0.05, 0.1) is 4.91 Å². The SMILES string of the molecule is C=C(SC)SC(=C)C(F)(F)F. The van der Waals surface area contributed by atoms with E-state index in [1.807, 2.05) is 0 Å². The molecule has 0 nitrogen and oxygen atoms in total. The molecule has 0 radical (unpaired) electrons. The number of halogens is 3. The maximum atomic E-state index is 11.8. The van der Waals surface area contributed by atoms with Gasteiger partial charge >= 0.3 is 6.18 Å². The van der Waals surface area contributed by atoms with Gasteiger partial charge in [0, 0.05) is 4.24 Å². The minimum atomic E-state index is -4.32. The summed E-state index contributed by atoms with van der Waals surface area (Å²) in [6.07, 6.45) is -2.65. The molecule has 64 valence electrons. The normalized spacial score (nSPS) is 11.3. The van der Waals surface area contributed by atoms with Crippen LogP contribution in [0, 0.1) is 0 Å². The summed E-state index contributed by atoms with van der Waals surface area (Å²) >= 11 is 1.73. The van der Waals surface area contributed by atoms with Crippen LogP contribution in [0.2, 0.25) is 0 Å². The molecule has 0 unspecified atom stereocenters. The smallest absolute Gasteiger partial charge is 0.166 e. The van der Waals surface area contributed by atoms with Crippen molar-refractivity contribution in [2.45, 2.75) is 6.18 Å². The van der Waals surface area contributed by atoms with Gasteiger partial charge in [-0.1, -0.05) is 24.9 Å². The van der Waals surface area contributed by atoms with Gasteiger partial charge in [-0.05, 0) is 6.26 Å². The van der Waals surface area contributed by atoms with Crippen molar-refractivity contribution in [3.05, 3.63) is 22.3 Å². The third-order valence-corrected chi connectivity index (χ3v) is 2.69. The van der Waals surface area contributed by atoms with Crippen LogP contribution >= 0.6 is 23.5 Å². The Labute approximate surface area is 71.9 Å². The van der Waals surface area contributed by atoms with Gasteiger partial charge in [0.25, 0.3) is 0 Å². The fraction of sp³-hybridized carbons (Fsp3) is 0.333. The Bertz CT molecular complexity index is 171. The fourth-order valence-corrected chi connectivity index (χ4v) is 1.26. The van der Waals surface area contributed by atoms with Crippen LogP contribution in [0.25, 0.3) is 0 Å². The van der Waals surface area contributed by atoms with Crippen molar-refractivity contribution in [2.75, 3.05) is 6.26 Å². The molecule has 0 heterocycles. The van der Waals surface area contributed by atoms with Crippen molar-refractivity contribution in [3.63, 3.8) is 0 Å². The summed E-state index contributed by atoms with van der Waals surface area (Å²) in [5, 5.41) is 0. The molecule has 0 bridgehead atoms. The summed E-state index contributed by atoms with van der Waals surface area (Å²) in [5.74, 6) is 0. The lowest BCUT2D eigenvalue weighted by Gasteiger charge is -2.08. The first-order valence-corrected chi connectivity index (χ1v) is 4.59. The Kier molecular flexibility index (Phi) is 4.10. The molecular formula is C6H7F3S2. The molecule has 0 atom stereocenters. The van der Waals surface area contributed by atoms with Gasteiger partial charge in [0.2, 0.25) is 0 Å². The van der Waals surface area contributed by atoms with Crippen molar-refractivity contribution in [3.8, 4) is 0 Å². The van der Waals surface area contributed by atoms with Gasteiger partial charge in [-0.2, -0.15) is 13.2 Å². The second kappa shape index (κ2) is 4.11. The molecule has 0 aliphatic heterocycles. The first kappa shape index (κ1) is 11.0. The molecular weight excluding hydrogens is 193 g/mol. The van der Waals surface area contributed by atoms with Crippen LogP contribution < -0.4 is 0 Å². The van der Waals surface area contributed by atoms with Crippen molar-refractivity contribution in [1.29, 1.82) is 0 Å². The largest absolute Gasteiger partial charge is 0.422 e. The average Bonchev–Trinajstić information content (AvgIpc) is 1.85. The molecule has 0 rings (SSSR count). The van der Waals surface area contributed by atoms with E-state index >= 15 is 0 Å². The first-order valence-electron chi connectivity index (χ1n) is 2.54. The predicted octanol–water partition coefficient (Wildman–Crippen LogP) is 3.63. The molecule has 0 aromatic carbocycles. The van der Waals surface area contributed by atoms with Crippen LogP contribution in [0.1, 0.15) is 0 Å². The van der Waals surface area contributed by atoms with Crippen LogP contribution in [0.3, 0.4) is 0 Å². The highest BCUT2D eigenvalue weighted by atomic mass is 32.2. The van der Waals surface area contributed by atoms with Crippen molar-refractivity contribution in [1.82, 2.24) is 0 Å². The van der Waals surface area contributed by atoms with Crippen molar-refractivity contribution >= 4 is 23.5 Å². The summed E-state index contributed by atoms with van der Waals surface area (Å²) < 4.78 is 35.7. The summed E-state index contributed by atoms with van der Waals surface area (Å²) in [7, 11) is 0. The number of allylic oxidation sites excluding steroid dienone is 1. The van der Waals surface area contributed by atoms with Gasteiger partial charge in [0.1, 0.15) is 0 Å². The zero-order valence-corrected chi connectivity index (χ0v) is 7.50. The van der Waals surface area contributed by atoms with E-state index in [1.54, 1.807) is 6.26 Å². The monoisotopic (exact) mass is 200 g/mol. The second-order valence-electron chi connectivity index (χ2n) is 1.60. The van der Waals surface area contributed by atoms with Gasteiger partial charge < -0.3 is 0 Å². The molecule has 11 heavy (non-hydrogen) atoms. The van der Waals surface area contributed by atoms with E-state index in [0.717, 1.165) is 0 Å². The van der Waals surface area contributed by atoms with Gasteiger partial charge in [-0.25, -0.2) is 0 Å². The number of hydrogen-bond acceptors (Lipinski definition) is 2. The maximum Gasteiger partial charge on any atom is 0.422 e. The minimum absolute atomic E-state index is 0.396. The molecule has 0 amide bonds. The lowest BCUT2D eigenvalue weighted by Crippen LogP contribution is -2.07. The molecule has 0 aromatic rings. The molecule has 0 saturated carbocycles. The van der Waals surface area contributed by atoms with Crippen molar-refractivity contribution < 1.29 is 13.2 Å². The van der Waals surface area contributed by atoms with Gasteiger partial charge in [-0.3, -0.25) is 0 Å². The zero-order chi connectivity index (χ0) is 9.07. The molecule has 0 aromatic heterocycles. The van der Waals surface area contributed by atoms with E-state index in [1.165, 1.54) is 11.8 Å². The Hall–Kier alpha value is -0.0300. The topological polar surface area (TPSA) is 0 Å². The van der Waals surface area contributed by atoms with E-state index in [9.17, 15) is 13.2 Å². The van der Waals surface area contributed by atoms with Crippen LogP contribution in [-0.2, 0) is 0 Å². The van der Waals surface area contributed by atoms with Crippen LogP contribution in [0.15, 0.2) is 22.3 Å². The van der Waals surface area contributed by atoms with Gasteiger partial charge in [0.15, 0.2) is 0 Å². The zero-order valence-electron chi connectivity index (χ0n) is 5.86. The Morgan fingerprint density at radius 3 is 2.00 bits per heavy atom. The Balaban J connectivity index is 3.99. The fourth-order valence-electron chi connectivity index (χ4n) is 0.237. The molecule has 0 spiro atoms. The number of thioether (sulfide) groups is 2. The summed E-state index contributed by atoms with van der Waals surface area (Å²) in [5.41, 5.74) is 0. The quantitative estimate of drug-likeness (QED) is 0.682. The molecule has 0 fully saturated rings. The predicted molar refractivity (Wildman–Crippen MR) is 45.4 cm³/mol. The molecule has 0 aliphatic carbocycles. The van der Waals surface area contributed by atoms with Gasteiger partial charge in [-0.15, -0.1) is 11.8 Å². The Morgan fingerprint density at radius 2 is 1.73 bits per heavy atom. The molecule has 0 aliphatic rings. The summed E-state index contributed by atoms with van der Waals surface area (Å²) in [4.78, 5) is -0.822. The standard InChI is InChI=1S/C6H7F3S2/c1-4(6(7,8)9)11-5(2)10-3/h1-2H2,3H3. The molecule has 0 saturated heterocycles. The Morgan fingerprint density at radius 1 is 1.27 bits per heavy atom. The van der Waals surface area contributed by atoms with E-state index in [4.69, 9.17) is 0 Å². The minimum Gasteiger partial charge on any atom is -0.166 e. The van der Waals surface area contributed by atoms with E-state index in [0.29, 0.717) is 16.0 Å². The number of hydrogen-bond donors (Lipinski definition) is 0. The summed E-state index contributed by atoms with van der Waals surface area (Å²) in [6, 6.07) is 0. The maximum absolute atomic E-state index is 11.8. The number of alkyl halides is 3. The molecule has 0 N–H and O–H groups in total. The van der Waals surface area contributed by atoms with Crippen LogP contribution in [-0.4, -0.2) is 12.4 Å². The number of rotatable bonds is 3.